The Kier molecular flexibility index (Phi) is 6.67. The molecule has 0 bridgehead atoms. The average molecular weight is 389 g/mol. The Bertz CT molecular complexity index is 985. The first kappa shape index (κ1) is 19.8. The van der Waals surface area contributed by atoms with Crippen molar-refractivity contribution in [3.05, 3.63) is 95.3 Å². The minimum Gasteiger partial charge on any atom is -0.489 e. The number of ether oxygens (including phenoxy) is 2. The van der Waals surface area contributed by atoms with Crippen LogP contribution in [0, 0.1) is 0 Å². The molecule has 7 nitrogen and oxygen atoms in total. The summed E-state index contributed by atoms with van der Waals surface area (Å²) in [5.41, 5.74) is 5.13. The molecule has 1 N–H and O–H groups in total. The van der Waals surface area contributed by atoms with Crippen LogP contribution in [-0.2, 0) is 11.3 Å². The summed E-state index contributed by atoms with van der Waals surface area (Å²) in [4.78, 5) is 27.2. The molecule has 0 saturated carbocycles. The number of esters is 1. The standard InChI is InChI=1S/C22H19N3O4/c1-28-22(27)18-8-4-17(5-9-18)15-29-20-10-6-16(7-11-20)13-24-25-21(26)19-3-2-12-23-14-19/h2-14H,15H2,1H3,(H,25,26)/b24-13+. The number of hydrazone groups is 1. The van der Waals surface area contributed by atoms with Crippen LogP contribution in [0.5, 0.6) is 5.75 Å². The van der Waals surface area contributed by atoms with Gasteiger partial charge in [-0.05, 0) is 59.7 Å². The van der Waals surface area contributed by atoms with Gasteiger partial charge >= 0.3 is 5.97 Å². The molecule has 0 aliphatic rings. The van der Waals surface area contributed by atoms with Crippen LogP contribution < -0.4 is 10.2 Å². The molecular formula is C22H19N3O4. The van der Waals surface area contributed by atoms with Crippen molar-refractivity contribution in [1.82, 2.24) is 10.4 Å². The fourth-order valence-electron chi connectivity index (χ4n) is 2.40. The lowest BCUT2D eigenvalue weighted by Gasteiger charge is -2.07. The second kappa shape index (κ2) is 9.80. The topological polar surface area (TPSA) is 89.9 Å². The molecular weight excluding hydrogens is 370 g/mol. The minimum absolute atomic E-state index is 0.326. The molecule has 0 fully saturated rings. The maximum Gasteiger partial charge on any atom is 0.337 e. The van der Waals surface area contributed by atoms with Crippen LogP contribution in [0.1, 0.15) is 31.8 Å². The quantitative estimate of drug-likeness (QED) is 0.381. The van der Waals surface area contributed by atoms with Crippen molar-refractivity contribution in [1.29, 1.82) is 0 Å². The van der Waals surface area contributed by atoms with Gasteiger partial charge in [-0.25, -0.2) is 10.2 Å². The van der Waals surface area contributed by atoms with Crippen molar-refractivity contribution in [2.45, 2.75) is 6.61 Å². The van der Waals surface area contributed by atoms with Crippen LogP contribution in [0.4, 0.5) is 0 Å². The maximum atomic E-state index is 11.9. The second-order valence-electron chi connectivity index (χ2n) is 5.99. The van der Waals surface area contributed by atoms with E-state index >= 15 is 0 Å². The fourth-order valence-corrected chi connectivity index (χ4v) is 2.40. The molecule has 146 valence electrons. The predicted molar refractivity (Wildman–Crippen MR) is 108 cm³/mol. The van der Waals surface area contributed by atoms with Gasteiger partial charge in [0.15, 0.2) is 0 Å². The molecule has 0 saturated heterocycles. The Labute approximate surface area is 168 Å². The zero-order valence-corrected chi connectivity index (χ0v) is 15.7. The van der Waals surface area contributed by atoms with E-state index < -0.39 is 0 Å². The molecule has 0 radical (unpaired) electrons. The SMILES string of the molecule is COC(=O)c1ccc(COc2ccc(/C=N/NC(=O)c3cccnc3)cc2)cc1. The van der Waals surface area contributed by atoms with Gasteiger partial charge < -0.3 is 9.47 Å². The number of nitrogens with zero attached hydrogens (tertiary/aromatic N) is 2. The van der Waals surface area contributed by atoms with E-state index in [2.05, 4.69) is 20.2 Å². The lowest BCUT2D eigenvalue weighted by molar-refractivity contribution is 0.0600. The monoisotopic (exact) mass is 389 g/mol. The molecule has 0 atom stereocenters. The van der Waals surface area contributed by atoms with Crippen LogP contribution in [0.2, 0.25) is 0 Å². The molecule has 0 unspecified atom stereocenters. The zero-order chi connectivity index (χ0) is 20.5. The number of nitrogens with one attached hydrogen (secondary N) is 1. The molecule has 3 rings (SSSR count). The van der Waals surface area contributed by atoms with Gasteiger partial charge in [-0.3, -0.25) is 9.78 Å². The summed E-state index contributed by atoms with van der Waals surface area (Å²) in [5, 5.41) is 3.94. The van der Waals surface area contributed by atoms with Crippen LogP contribution in [-0.4, -0.2) is 30.2 Å². The van der Waals surface area contributed by atoms with Crippen molar-refractivity contribution in [3.63, 3.8) is 0 Å². The number of aromatic nitrogens is 1. The number of hydrogen-bond acceptors (Lipinski definition) is 6. The highest BCUT2D eigenvalue weighted by atomic mass is 16.5. The van der Waals surface area contributed by atoms with Gasteiger partial charge in [-0.2, -0.15) is 5.10 Å². The average Bonchev–Trinajstić information content (AvgIpc) is 2.79. The lowest BCUT2D eigenvalue weighted by Crippen LogP contribution is -2.17. The van der Waals surface area contributed by atoms with E-state index in [1.807, 2.05) is 36.4 Å². The Morgan fingerprint density at radius 2 is 1.79 bits per heavy atom. The summed E-state index contributed by atoms with van der Waals surface area (Å²) >= 11 is 0. The summed E-state index contributed by atoms with van der Waals surface area (Å²) in [5.74, 6) is -0.00235. The van der Waals surface area contributed by atoms with Gasteiger partial charge in [0.1, 0.15) is 12.4 Å². The summed E-state index contributed by atoms with van der Waals surface area (Å²) in [7, 11) is 1.35. The number of amides is 1. The van der Waals surface area contributed by atoms with Gasteiger partial charge in [0.25, 0.3) is 5.91 Å². The van der Waals surface area contributed by atoms with Crippen molar-refractivity contribution in [2.24, 2.45) is 5.10 Å². The first-order valence-electron chi connectivity index (χ1n) is 8.79. The van der Waals surface area contributed by atoms with E-state index in [0.717, 1.165) is 11.1 Å². The number of carbonyl (C=O) groups excluding carboxylic acids is 2. The van der Waals surface area contributed by atoms with Gasteiger partial charge in [-0.15, -0.1) is 0 Å². The predicted octanol–water partition coefficient (Wildman–Crippen LogP) is 3.21. The smallest absolute Gasteiger partial charge is 0.337 e. The molecule has 1 aromatic heterocycles. The van der Waals surface area contributed by atoms with E-state index in [-0.39, 0.29) is 11.9 Å². The van der Waals surface area contributed by atoms with Gasteiger partial charge in [-0.1, -0.05) is 12.1 Å². The van der Waals surface area contributed by atoms with E-state index in [1.54, 1.807) is 36.7 Å². The summed E-state index contributed by atoms with van der Waals surface area (Å²) in [6.45, 7) is 0.371. The molecule has 7 heteroatoms. The third kappa shape index (κ3) is 5.74. The van der Waals surface area contributed by atoms with Crippen LogP contribution in [0.25, 0.3) is 0 Å². The van der Waals surface area contributed by atoms with Crippen molar-refractivity contribution in [3.8, 4) is 5.75 Å². The first-order valence-corrected chi connectivity index (χ1v) is 8.79. The number of carbonyl (C=O) groups is 2. The highest BCUT2D eigenvalue weighted by molar-refractivity contribution is 5.94. The Morgan fingerprint density at radius 3 is 2.45 bits per heavy atom. The van der Waals surface area contributed by atoms with E-state index in [0.29, 0.717) is 23.5 Å². The highest BCUT2D eigenvalue weighted by Crippen LogP contribution is 2.14. The van der Waals surface area contributed by atoms with Crippen molar-refractivity contribution >= 4 is 18.1 Å². The van der Waals surface area contributed by atoms with Crippen LogP contribution in [0.15, 0.2) is 78.2 Å². The molecule has 0 spiro atoms. The third-order valence-corrected chi connectivity index (χ3v) is 3.96. The number of pyridine rings is 1. The van der Waals surface area contributed by atoms with E-state index in [9.17, 15) is 9.59 Å². The summed E-state index contributed by atoms with van der Waals surface area (Å²) in [6.07, 6.45) is 4.62. The lowest BCUT2D eigenvalue weighted by atomic mass is 10.1. The van der Waals surface area contributed by atoms with Crippen LogP contribution in [0.3, 0.4) is 0 Å². The molecule has 1 heterocycles. The summed E-state index contributed by atoms with van der Waals surface area (Å²) in [6, 6.07) is 17.7. The Morgan fingerprint density at radius 1 is 1.03 bits per heavy atom. The molecule has 0 aliphatic carbocycles. The summed E-state index contributed by atoms with van der Waals surface area (Å²) < 4.78 is 10.4. The van der Waals surface area contributed by atoms with Gasteiger partial charge in [0.05, 0.1) is 24.5 Å². The zero-order valence-electron chi connectivity index (χ0n) is 15.7. The number of rotatable bonds is 7. The second-order valence-corrected chi connectivity index (χ2v) is 5.99. The number of methoxy groups -OCH3 is 1. The normalized spacial score (nSPS) is 10.5. The van der Waals surface area contributed by atoms with E-state index in [1.165, 1.54) is 13.3 Å². The fraction of sp³-hybridized carbons (Fsp3) is 0.0909. The first-order chi connectivity index (χ1) is 14.2. The number of hydrogen-bond donors (Lipinski definition) is 1. The Balaban J connectivity index is 1.49. The highest BCUT2D eigenvalue weighted by Gasteiger charge is 2.05. The molecule has 2 aromatic carbocycles. The largest absolute Gasteiger partial charge is 0.489 e. The van der Waals surface area contributed by atoms with Gasteiger partial charge in [0.2, 0.25) is 0 Å². The third-order valence-electron chi connectivity index (χ3n) is 3.96. The Hall–Kier alpha value is -4.00. The van der Waals surface area contributed by atoms with Crippen LogP contribution >= 0.6 is 0 Å². The number of benzene rings is 2. The molecule has 0 aliphatic heterocycles. The maximum absolute atomic E-state index is 11.9. The molecule has 29 heavy (non-hydrogen) atoms. The minimum atomic E-state index is -0.369. The van der Waals surface area contributed by atoms with Gasteiger partial charge in [0, 0.05) is 12.4 Å². The van der Waals surface area contributed by atoms with Crippen molar-refractivity contribution in [2.75, 3.05) is 7.11 Å². The molecule has 1 amide bonds. The molecule has 3 aromatic rings. The van der Waals surface area contributed by atoms with E-state index in [4.69, 9.17) is 4.74 Å². The van der Waals surface area contributed by atoms with Crippen molar-refractivity contribution < 1.29 is 19.1 Å².